The van der Waals surface area contributed by atoms with Crippen LogP contribution in [-0.2, 0) is 4.79 Å². The standard InChI is InChI=1S/C26H32F3NO/c1-2-3-4-5-6-7-8-9-10-11-12-13-14-15-16-17-18-19-25(31)30-26-23(28)20-22(27)21-24(26)29/h3-4,6-7,9-10,12-13,15-16,20-21H,2,5,8,11,14,17-19H2,1H3,(H,30,31)/b4-3+,7-6+,10-9+,13-12+,16-15+. The van der Waals surface area contributed by atoms with Crippen LogP contribution in [0.1, 0.15) is 58.3 Å². The van der Waals surface area contributed by atoms with Crippen LogP contribution in [-0.4, -0.2) is 5.91 Å². The average molecular weight is 432 g/mol. The Hall–Kier alpha value is -2.82. The molecule has 0 unspecified atom stereocenters. The molecule has 0 radical (unpaired) electrons. The van der Waals surface area contributed by atoms with Gasteiger partial charge in [-0.05, 0) is 44.9 Å². The molecule has 0 saturated carbocycles. The summed E-state index contributed by atoms with van der Waals surface area (Å²) in [7, 11) is 0. The smallest absolute Gasteiger partial charge is 0.224 e. The maximum Gasteiger partial charge on any atom is 0.224 e. The van der Waals surface area contributed by atoms with Crippen molar-refractivity contribution in [1.29, 1.82) is 0 Å². The Morgan fingerprint density at radius 2 is 1.23 bits per heavy atom. The highest BCUT2D eigenvalue weighted by Crippen LogP contribution is 2.20. The minimum atomic E-state index is -1.12. The summed E-state index contributed by atoms with van der Waals surface area (Å²) in [6.45, 7) is 2.13. The summed E-state index contributed by atoms with van der Waals surface area (Å²) in [6, 6.07) is 1.07. The summed E-state index contributed by atoms with van der Waals surface area (Å²) in [5.74, 6) is -3.77. The summed E-state index contributed by atoms with van der Waals surface area (Å²) in [4.78, 5) is 11.8. The maximum atomic E-state index is 13.5. The number of halogens is 3. The molecule has 0 aliphatic carbocycles. The highest BCUT2D eigenvalue weighted by Gasteiger charge is 2.13. The largest absolute Gasteiger partial charge is 0.321 e. The van der Waals surface area contributed by atoms with Crippen LogP contribution in [0.5, 0.6) is 0 Å². The van der Waals surface area contributed by atoms with E-state index in [1.54, 1.807) is 0 Å². The Kier molecular flexibility index (Phi) is 14.3. The number of anilines is 1. The number of carbonyl (C=O) groups is 1. The Bertz CT molecular complexity index is 784. The molecule has 0 atom stereocenters. The second-order valence-corrected chi connectivity index (χ2v) is 6.89. The number of rotatable bonds is 14. The minimum Gasteiger partial charge on any atom is -0.321 e. The summed E-state index contributed by atoms with van der Waals surface area (Å²) < 4.78 is 39.9. The molecule has 0 aliphatic rings. The molecule has 0 aromatic heterocycles. The molecule has 0 bridgehead atoms. The van der Waals surface area contributed by atoms with Crippen molar-refractivity contribution >= 4 is 11.6 Å². The lowest BCUT2D eigenvalue weighted by molar-refractivity contribution is -0.116. The molecule has 1 aromatic carbocycles. The molecule has 1 rings (SSSR count). The number of carbonyl (C=O) groups excluding carboxylic acids is 1. The van der Waals surface area contributed by atoms with Crippen LogP contribution in [0.15, 0.2) is 72.9 Å². The van der Waals surface area contributed by atoms with Gasteiger partial charge in [0.05, 0.1) is 0 Å². The van der Waals surface area contributed by atoms with Gasteiger partial charge >= 0.3 is 0 Å². The van der Waals surface area contributed by atoms with Gasteiger partial charge in [-0.15, -0.1) is 0 Å². The van der Waals surface area contributed by atoms with E-state index in [1.165, 1.54) is 0 Å². The second-order valence-electron chi connectivity index (χ2n) is 6.89. The Labute approximate surface area is 183 Å². The second kappa shape index (κ2) is 16.9. The molecule has 0 spiro atoms. The van der Waals surface area contributed by atoms with Gasteiger partial charge in [-0.3, -0.25) is 4.79 Å². The van der Waals surface area contributed by atoms with E-state index in [1.807, 2.05) is 12.2 Å². The molecule has 168 valence electrons. The lowest BCUT2D eigenvalue weighted by Crippen LogP contribution is -2.13. The Morgan fingerprint density at radius 1 is 0.774 bits per heavy atom. The van der Waals surface area contributed by atoms with Gasteiger partial charge in [-0.25, -0.2) is 13.2 Å². The number of allylic oxidation sites excluding steroid dienone is 10. The molecule has 0 fully saturated rings. The topological polar surface area (TPSA) is 29.1 Å². The zero-order valence-corrected chi connectivity index (χ0v) is 18.1. The van der Waals surface area contributed by atoms with Crippen molar-refractivity contribution in [2.24, 2.45) is 0 Å². The summed E-state index contributed by atoms with van der Waals surface area (Å²) in [5, 5.41) is 2.16. The fraction of sp³-hybridized carbons (Fsp3) is 0.346. The third-order valence-electron chi connectivity index (χ3n) is 4.20. The maximum absolute atomic E-state index is 13.5. The highest BCUT2D eigenvalue weighted by atomic mass is 19.1. The molecule has 1 N–H and O–H groups in total. The van der Waals surface area contributed by atoms with Crippen molar-refractivity contribution in [3.8, 4) is 0 Å². The first-order valence-corrected chi connectivity index (χ1v) is 10.7. The van der Waals surface area contributed by atoms with Crippen LogP contribution >= 0.6 is 0 Å². The van der Waals surface area contributed by atoms with E-state index in [0.717, 1.165) is 32.1 Å². The van der Waals surface area contributed by atoms with Crippen LogP contribution in [0, 0.1) is 17.5 Å². The van der Waals surface area contributed by atoms with Crippen LogP contribution in [0.2, 0.25) is 0 Å². The SMILES string of the molecule is CC/C=C/C/C=C/C/C=C/C/C=C/C/C=C/CCCC(=O)Nc1c(F)cc(F)cc1F. The lowest BCUT2D eigenvalue weighted by Gasteiger charge is -2.07. The molecule has 1 amide bonds. The first kappa shape index (κ1) is 26.2. The monoisotopic (exact) mass is 431 g/mol. The van der Waals surface area contributed by atoms with Gasteiger partial charge in [0.1, 0.15) is 11.5 Å². The zero-order chi connectivity index (χ0) is 22.7. The Balaban J connectivity index is 2.10. The third kappa shape index (κ3) is 13.2. The van der Waals surface area contributed by atoms with Gasteiger partial charge in [0.2, 0.25) is 5.91 Å². The summed E-state index contributed by atoms with van der Waals surface area (Å²) in [6.07, 6.45) is 27.2. The average Bonchev–Trinajstić information content (AvgIpc) is 2.73. The van der Waals surface area contributed by atoms with E-state index in [4.69, 9.17) is 0 Å². The van der Waals surface area contributed by atoms with Crippen molar-refractivity contribution in [2.75, 3.05) is 5.32 Å². The lowest BCUT2D eigenvalue weighted by atomic mass is 10.2. The highest BCUT2D eigenvalue weighted by molar-refractivity contribution is 5.90. The quantitative estimate of drug-likeness (QED) is 0.235. The van der Waals surface area contributed by atoms with Gasteiger partial charge in [0.25, 0.3) is 0 Å². The van der Waals surface area contributed by atoms with E-state index < -0.39 is 29.0 Å². The van der Waals surface area contributed by atoms with E-state index in [0.29, 0.717) is 25.0 Å². The van der Waals surface area contributed by atoms with E-state index >= 15 is 0 Å². The molecule has 0 heterocycles. The first-order valence-electron chi connectivity index (χ1n) is 10.7. The predicted octanol–water partition coefficient (Wildman–Crippen LogP) is 7.96. The molecule has 1 aromatic rings. The molecule has 0 aliphatic heterocycles. The van der Waals surface area contributed by atoms with Gasteiger partial charge < -0.3 is 5.32 Å². The van der Waals surface area contributed by atoms with E-state index in [9.17, 15) is 18.0 Å². The van der Waals surface area contributed by atoms with Gasteiger partial charge in [-0.2, -0.15) is 0 Å². The number of unbranched alkanes of at least 4 members (excludes halogenated alkanes) is 1. The molecule has 5 heteroatoms. The third-order valence-corrected chi connectivity index (χ3v) is 4.20. The Morgan fingerprint density at radius 3 is 1.71 bits per heavy atom. The summed E-state index contributed by atoms with van der Waals surface area (Å²) in [5.41, 5.74) is -0.610. The van der Waals surface area contributed by atoms with Crippen LogP contribution < -0.4 is 5.32 Å². The number of nitrogens with one attached hydrogen (secondary N) is 1. The zero-order valence-electron chi connectivity index (χ0n) is 18.1. The molecular formula is C26H32F3NO. The number of benzene rings is 1. The summed E-state index contributed by atoms with van der Waals surface area (Å²) >= 11 is 0. The van der Waals surface area contributed by atoms with Crippen LogP contribution in [0.3, 0.4) is 0 Å². The number of hydrogen-bond acceptors (Lipinski definition) is 1. The fourth-order valence-corrected chi connectivity index (χ4v) is 2.61. The van der Waals surface area contributed by atoms with Crippen LogP contribution in [0.25, 0.3) is 0 Å². The number of amides is 1. The minimum absolute atomic E-state index is 0.130. The molecule has 0 saturated heterocycles. The molecular weight excluding hydrogens is 399 g/mol. The van der Waals surface area contributed by atoms with Crippen molar-refractivity contribution in [1.82, 2.24) is 0 Å². The van der Waals surface area contributed by atoms with Crippen molar-refractivity contribution in [3.63, 3.8) is 0 Å². The van der Waals surface area contributed by atoms with Gasteiger partial charge in [0.15, 0.2) is 11.6 Å². The van der Waals surface area contributed by atoms with Crippen molar-refractivity contribution < 1.29 is 18.0 Å². The van der Waals surface area contributed by atoms with E-state index in [-0.39, 0.29) is 6.42 Å². The van der Waals surface area contributed by atoms with Crippen LogP contribution in [0.4, 0.5) is 18.9 Å². The normalized spacial score (nSPS) is 12.4. The van der Waals surface area contributed by atoms with Gasteiger partial charge in [0, 0.05) is 18.6 Å². The predicted molar refractivity (Wildman–Crippen MR) is 123 cm³/mol. The first-order chi connectivity index (χ1) is 15.0. The van der Waals surface area contributed by atoms with Crippen molar-refractivity contribution in [3.05, 3.63) is 90.3 Å². The fourth-order valence-electron chi connectivity index (χ4n) is 2.61. The molecule has 31 heavy (non-hydrogen) atoms. The van der Waals surface area contributed by atoms with Gasteiger partial charge in [-0.1, -0.05) is 67.7 Å². The van der Waals surface area contributed by atoms with Crippen molar-refractivity contribution in [2.45, 2.75) is 58.3 Å². The number of hydrogen-bond donors (Lipinski definition) is 1. The molecule has 2 nitrogen and oxygen atoms in total. The van der Waals surface area contributed by atoms with E-state index in [2.05, 4.69) is 60.8 Å².